The molecule has 0 aliphatic carbocycles. The number of hydrogen-bond donors (Lipinski definition) is 2. The lowest BCUT2D eigenvalue weighted by Crippen LogP contribution is -2.26. The Labute approximate surface area is 187 Å². The molecule has 1 unspecified atom stereocenters. The normalized spacial score (nSPS) is 11.8. The fraction of sp³-hybridized carbons (Fsp3) is 0.167. The summed E-state index contributed by atoms with van der Waals surface area (Å²) in [7, 11) is -3.82. The summed E-state index contributed by atoms with van der Waals surface area (Å²) >= 11 is 0. The molecule has 0 fully saturated rings. The van der Waals surface area contributed by atoms with Gasteiger partial charge in [-0.05, 0) is 74.0 Å². The van der Waals surface area contributed by atoms with E-state index in [1.165, 1.54) is 18.2 Å². The van der Waals surface area contributed by atoms with Gasteiger partial charge in [0.05, 0.1) is 29.2 Å². The zero-order valence-electron chi connectivity index (χ0n) is 17.7. The van der Waals surface area contributed by atoms with Gasteiger partial charge in [0, 0.05) is 11.3 Å². The predicted octanol–water partition coefficient (Wildman–Crippen LogP) is 4.25. The molecule has 0 saturated heterocycles. The average molecular weight is 450 g/mol. The number of hydrogen-bond acceptors (Lipinski definition) is 5. The van der Waals surface area contributed by atoms with E-state index < -0.39 is 10.0 Å². The molecule has 3 aromatic carbocycles. The number of ether oxygens (including phenoxy) is 1. The van der Waals surface area contributed by atoms with E-state index in [4.69, 9.17) is 10.00 Å². The molecule has 0 aromatic heterocycles. The first-order chi connectivity index (χ1) is 15.3. The van der Waals surface area contributed by atoms with Crippen LogP contribution in [0.15, 0.2) is 77.7 Å². The number of rotatable bonds is 8. The fourth-order valence-corrected chi connectivity index (χ4v) is 4.08. The zero-order valence-corrected chi connectivity index (χ0v) is 18.5. The van der Waals surface area contributed by atoms with Gasteiger partial charge in [-0.2, -0.15) is 5.26 Å². The quantitative estimate of drug-likeness (QED) is 0.534. The van der Waals surface area contributed by atoms with Crippen molar-refractivity contribution in [3.05, 3.63) is 89.5 Å². The molecule has 0 aliphatic heterocycles. The lowest BCUT2D eigenvalue weighted by atomic mass is 10.1. The first-order valence-corrected chi connectivity index (χ1v) is 11.5. The van der Waals surface area contributed by atoms with Crippen LogP contribution in [0.3, 0.4) is 0 Å². The Kier molecular flexibility index (Phi) is 7.13. The summed E-state index contributed by atoms with van der Waals surface area (Å²) in [5, 5.41) is 11.8. The third-order valence-electron chi connectivity index (χ3n) is 4.71. The smallest absolute Gasteiger partial charge is 0.261 e. The molecule has 1 amide bonds. The van der Waals surface area contributed by atoms with Crippen LogP contribution in [0.5, 0.6) is 5.75 Å². The minimum absolute atomic E-state index is 0.0882. The van der Waals surface area contributed by atoms with Crippen LogP contribution in [-0.2, 0) is 10.0 Å². The van der Waals surface area contributed by atoms with Crippen LogP contribution in [0, 0.1) is 11.3 Å². The second kappa shape index (κ2) is 9.98. The van der Waals surface area contributed by atoms with E-state index in [2.05, 4.69) is 16.1 Å². The highest BCUT2D eigenvalue weighted by molar-refractivity contribution is 7.92. The van der Waals surface area contributed by atoms with Crippen LogP contribution >= 0.6 is 0 Å². The van der Waals surface area contributed by atoms with Gasteiger partial charge in [-0.1, -0.05) is 18.2 Å². The predicted molar refractivity (Wildman–Crippen MR) is 122 cm³/mol. The van der Waals surface area contributed by atoms with E-state index in [1.54, 1.807) is 54.6 Å². The number of amides is 1. The number of benzene rings is 3. The lowest BCUT2D eigenvalue weighted by Gasteiger charge is -2.15. The van der Waals surface area contributed by atoms with Crippen LogP contribution in [0.4, 0.5) is 5.69 Å². The molecule has 0 saturated carbocycles. The van der Waals surface area contributed by atoms with Crippen LogP contribution in [0.25, 0.3) is 0 Å². The molecule has 7 nitrogen and oxygen atoms in total. The topological polar surface area (TPSA) is 108 Å². The Morgan fingerprint density at radius 3 is 2.38 bits per heavy atom. The van der Waals surface area contributed by atoms with Crippen molar-refractivity contribution in [2.75, 3.05) is 11.3 Å². The molecule has 0 bridgehead atoms. The summed E-state index contributed by atoms with van der Waals surface area (Å²) in [5.41, 5.74) is 1.99. The Morgan fingerprint density at radius 2 is 1.75 bits per heavy atom. The molecule has 3 rings (SSSR count). The van der Waals surface area contributed by atoms with E-state index >= 15 is 0 Å². The maximum atomic E-state index is 12.7. The van der Waals surface area contributed by atoms with E-state index in [-0.39, 0.29) is 22.5 Å². The van der Waals surface area contributed by atoms with Crippen LogP contribution in [0.1, 0.15) is 41.4 Å². The van der Waals surface area contributed by atoms with Gasteiger partial charge in [-0.3, -0.25) is 9.52 Å². The second-order valence-electron chi connectivity index (χ2n) is 7.02. The summed E-state index contributed by atoms with van der Waals surface area (Å²) in [4.78, 5) is 12.8. The molecule has 0 spiro atoms. The number of nitrogens with zero attached hydrogens (tertiary/aromatic N) is 1. The van der Waals surface area contributed by atoms with Gasteiger partial charge in [-0.15, -0.1) is 0 Å². The molecule has 1 atom stereocenters. The van der Waals surface area contributed by atoms with Crippen molar-refractivity contribution >= 4 is 21.6 Å². The Morgan fingerprint density at radius 1 is 1.06 bits per heavy atom. The molecule has 8 heteroatoms. The molecule has 32 heavy (non-hydrogen) atoms. The summed E-state index contributed by atoms with van der Waals surface area (Å²) in [6.45, 7) is 4.17. The summed E-state index contributed by atoms with van der Waals surface area (Å²) in [6.07, 6.45) is 0. The van der Waals surface area contributed by atoms with Gasteiger partial charge in [0.25, 0.3) is 15.9 Å². The minimum Gasteiger partial charge on any atom is -0.494 e. The Balaban J connectivity index is 1.71. The van der Waals surface area contributed by atoms with Crippen molar-refractivity contribution in [3.63, 3.8) is 0 Å². The largest absolute Gasteiger partial charge is 0.494 e. The van der Waals surface area contributed by atoms with E-state index in [0.717, 1.165) is 5.56 Å². The Hall–Kier alpha value is -3.83. The van der Waals surface area contributed by atoms with Crippen LogP contribution < -0.4 is 14.8 Å². The molecule has 0 heterocycles. The van der Waals surface area contributed by atoms with E-state index in [1.807, 2.05) is 13.8 Å². The number of nitriles is 1. The summed E-state index contributed by atoms with van der Waals surface area (Å²) in [6, 6.07) is 21.1. The van der Waals surface area contributed by atoms with Gasteiger partial charge < -0.3 is 10.1 Å². The first kappa shape index (κ1) is 22.8. The van der Waals surface area contributed by atoms with Gasteiger partial charge in [0.15, 0.2) is 0 Å². The number of sulfonamides is 1. The van der Waals surface area contributed by atoms with Crippen molar-refractivity contribution in [1.82, 2.24) is 5.32 Å². The highest BCUT2D eigenvalue weighted by Gasteiger charge is 2.16. The number of carbonyl (C=O) groups is 1. The molecule has 3 aromatic rings. The molecular formula is C24H23N3O4S. The van der Waals surface area contributed by atoms with Gasteiger partial charge >= 0.3 is 0 Å². The van der Waals surface area contributed by atoms with Crippen molar-refractivity contribution in [1.29, 1.82) is 5.26 Å². The summed E-state index contributed by atoms with van der Waals surface area (Å²) in [5.74, 6) is 0.241. The Bertz CT molecular complexity index is 1230. The fourth-order valence-electron chi connectivity index (χ4n) is 3.03. The monoisotopic (exact) mass is 449 g/mol. The van der Waals surface area contributed by atoms with Crippen molar-refractivity contribution in [2.24, 2.45) is 0 Å². The SMILES string of the molecule is CCOc1ccc(S(=O)(=O)Nc2cccc(C(=O)NC(C)c3ccc(C#N)cc3)c2)cc1. The molecule has 0 aliphatic rings. The maximum Gasteiger partial charge on any atom is 0.261 e. The lowest BCUT2D eigenvalue weighted by molar-refractivity contribution is 0.0940. The van der Waals surface area contributed by atoms with Gasteiger partial charge in [0.2, 0.25) is 0 Å². The molecule has 0 radical (unpaired) electrons. The van der Waals surface area contributed by atoms with E-state index in [9.17, 15) is 13.2 Å². The average Bonchev–Trinajstić information content (AvgIpc) is 2.79. The highest BCUT2D eigenvalue weighted by Crippen LogP contribution is 2.21. The number of nitrogens with one attached hydrogen (secondary N) is 2. The standard InChI is InChI=1S/C24H23N3O4S/c1-3-31-22-11-13-23(14-12-22)32(29,30)27-21-6-4-5-20(15-21)24(28)26-17(2)19-9-7-18(16-25)8-10-19/h4-15,17,27H,3H2,1-2H3,(H,26,28). The van der Waals surface area contributed by atoms with Crippen LogP contribution in [-0.4, -0.2) is 20.9 Å². The van der Waals surface area contributed by atoms with E-state index in [0.29, 0.717) is 23.5 Å². The third kappa shape index (κ3) is 5.65. The highest BCUT2D eigenvalue weighted by atomic mass is 32.2. The molecular weight excluding hydrogens is 426 g/mol. The van der Waals surface area contributed by atoms with Gasteiger partial charge in [0.1, 0.15) is 5.75 Å². The molecule has 164 valence electrons. The first-order valence-electron chi connectivity index (χ1n) is 9.99. The third-order valence-corrected chi connectivity index (χ3v) is 6.11. The zero-order chi connectivity index (χ0) is 23.1. The van der Waals surface area contributed by atoms with Crippen LogP contribution in [0.2, 0.25) is 0 Å². The van der Waals surface area contributed by atoms with Crippen molar-refractivity contribution in [2.45, 2.75) is 24.8 Å². The maximum absolute atomic E-state index is 12.7. The second-order valence-corrected chi connectivity index (χ2v) is 8.70. The van der Waals surface area contributed by atoms with Crippen molar-refractivity contribution < 1.29 is 17.9 Å². The van der Waals surface area contributed by atoms with Crippen molar-refractivity contribution in [3.8, 4) is 11.8 Å². The molecule has 2 N–H and O–H groups in total. The number of anilines is 1. The number of carbonyl (C=O) groups excluding carboxylic acids is 1. The minimum atomic E-state index is -3.82. The van der Waals surface area contributed by atoms with Gasteiger partial charge in [-0.25, -0.2) is 8.42 Å². The summed E-state index contributed by atoms with van der Waals surface area (Å²) < 4.78 is 33.2.